The lowest BCUT2D eigenvalue weighted by Gasteiger charge is -2.16. The molecule has 0 aliphatic heterocycles. The summed E-state index contributed by atoms with van der Waals surface area (Å²) in [6, 6.07) is 3.93. The van der Waals surface area contributed by atoms with Crippen LogP contribution in [0.25, 0.3) is 0 Å². The number of hydrogen-bond acceptors (Lipinski definition) is 4. The van der Waals surface area contributed by atoms with Crippen molar-refractivity contribution in [1.82, 2.24) is 24.6 Å². The summed E-state index contributed by atoms with van der Waals surface area (Å²) >= 11 is 0. The SMILES string of the molecule is CC(C)c1nccc(CN(C)CCn2cccn2)n1. The summed E-state index contributed by atoms with van der Waals surface area (Å²) in [5, 5.41) is 4.20. The molecular weight excluding hydrogens is 238 g/mol. The van der Waals surface area contributed by atoms with Gasteiger partial charge in [-0.2, -0.15) is 5.10 Å². The summed E-state index contributed by atoms with van der Waals surface area (Å²) in [7, 11) is 2.10. The lowest BCUT2D eigenvalue weighted by Crippen LogP contribution is -2.23. The zero-order valence-corrected chi connectivity index (χ0v) is 11.8. The monoisotopic (exact) mass is 259 g/mol. The Morgan fingerprint density at radius 3 is 2.84 bits per heavy atom. The van der Waals surface area contributed by atoms with Crippen molar-refractivity contribution in [2.75, 3.05) is 13.6 Å². The van der Waals surface area contributed by atoms with Gasteiger partial charge >= 0.3 is 0 Å². The minimum Gasteiger partial charge on any atom is -0.299 e. The molecule has 0 aliphatic rings. The number of nitrogens with zero attached hydrogens (tertiary/aromatic N) is 5. The van der Waals surface area contributed by atoms with Gasteiger partial charge in [0.15, 0.2) is 0 Å². The van der Waals surface area contributed by atoms with Crippen LogP contribution in [0.2, 0.25) is 0 Å². The summed E-state index contributed by atoms with van der Waals surface area (Å²) < 4.78 is 1.94. The van der Waals surface area contributed by atoms with Crippen molar-refractivity contribution in [3.05, 3.63) is 42.2 Å². The van der Waals surface area contributed by atoms with E-state index in [4.69, 9.17) is 0 Å². The molecule has 2 aromatic rings. The van der Waals surface area contributed by atoms with Crippen molar-refractivity contribution < 1.29 is 0 Å². The lowest BCUT2D eigenvalue weighted by atomic mass is 10.2. The topological polar surface area (TPSA) is 46.8 Å². The van der Waals surface area contributed by atoms with Crippen LogP contribution in [0.15, 0.2) is 30.7 Å². The van der Waals surface area contributed by atoms with Gasteiger partial charge in [-0.3, -0.25) is 9.58 Å². The van der Waals surface area contributed by atoms with E-state index in [0.717, 1.165) is 31.2 Å². The van der Waals surface area contributed by atoms with Crippen LogP contribution in [-0.4, -0.2) is 38.2 Å². The predicted octanol–water partition coefficient (Wildman–Crippen LogP) is 1.93. The molecule has 19 heavy (non-hydrogen) atoms. The van der Waals surface area contributed by atoms with Gasteiger partial charge in [-0.1, -0.05) is 13.8 Å². The maximum atomic E-state index is 4.58. The molecule has 0 spiro atoms. The molecule has 0 bridgehead atoms. The van der Waals surface area contributed by atoms with Crippen LogP contribution in [0.3, 0.4) is 0 Å². The van der Waals surface area contributed by atoms with Crippen LogP contribution >= 0.6 is 0 Å². The first-order valence-corrected chi connectivity index (χ1v) is 6.63. The van der Waals surface area contributed by atoms with E-state index in [-0.39, 0.29) is 0 Å². The van der Waals surface area contributed by atoms with Gasteiger partial charge in [0.2, 0.25) is 0 Å². The number of rotatable bonds is 6. The van der Waals surface area contributed by atoms with E-state index < -0.39 is 0 Å². The summed E-state index contributed by atoms with van der Waals surface area (Å²) in [6.07, 6.45) is 5.63. The van der Waals surface area contributed by atoms with Crippen LogP contribution in [0.4, 0.5) is 0 Å². The Labute approximate surface area is 114 Å². The van der Waals surface area contributed by atoms with Crippen molar-refractivity contribution in [1.29, 1.82) is 0 Å². The molecule has 2 rings (SSSR count). The van der Waals surface area contributed by atoms with Crippen LogP contribution in [-0.2, 0) is 13.1 Å². The molecule has 0 amide bonds. The highest BCUT2D eigenvalue weighted by molar-refractivity contribution is 5.04. The molecule has 0 aromatic carbocycles. The van der Waals surface area contributed by atoms with Crippen LogP contribution in [0.5, 0.6) is 0 Å². The van der Waals surface area contributed by atoms with E-state index in [9.17, 15) is 0 Å². The van der Waals surface area contributed by atoms with E-state index in [2.05, 4.69) is 40.9 Å². The fraction of sp³-hybridized carbons (Fsp3) is 0.500. The first-order valence-electron chi connectivity index (χ1n) is 6.63. The highest BCUT2D eigenvalue weighted by atomic mass is 15.3. The Bertz CT molecular complexity index is 492. The second-order valence-corrected chi connectivity index (χ2v) is 5.07. The quantitative estimate of drug-likeness (QED) is 0.795. The standard InChI is InChI=1S/C14H21N5/c1-12(2)14-15-7-5-13(17-14)11-18(3)9-10-19-8-4-6-16-19/h4-8,12H,9-11H2,1-3H3. The van der Waals surface area contributed by atoms with Crippen LogP contribution in [0, 0.1) is 0 Å². The van der Waals surface area contributed by atoms with Crippen molar-refractivity contribution in [3.8, 4) is 0 Å². The third-order valence-corrected chi connectivity index (χ3v) is 2.95. The average molecular weight is 259 g/mol. The zero-order valence-electron chi connectivity index (χ0n) is 11.8. The Morgan fingerprint density at radius 2 is 2.16 bits per heavy atom. The lowest BCUT2D eigenvalue weighted by molar-refractivity contribution is 0.301. The van der Waals surface area contributed by atoms with E-state index in [0.29, 0.717) is 5.92 Å². The molecule has 2 heterocycles. The second-order valence-electron chi connectivity index (χ2n) is 5.07. The maximum Gasteiger partial charge on any atom is 0.131 e. The average Bonchev–Trinajstić information content (AvgIpc) is 2.90. The molecule has 0 saturated carbocycles. The second kappa shape index (κ2) is 6.43. The third-order valence-electron chi connectivity index (χ3n) is 2.95. The van der Waals surface area contributed by atoms with Crippen molar-refractivity contribution in [2.45, 2.75) is 32.9 Å². The first-order chi connectivity index (χ1) is 9.15. The van der Waals surface area contributed by atoms with Gasteiger partial charge in [-0.05, 0) is 19.2 Å². The largest absolute Gasteiger partial charge is 0.299 e. The Morgan fingerprint density at radius 1 is 1.32 bits per heavy atom. The fourth-order valence-electron chi connectivity index (χ4n) is 1.84. The highest BCUT2D eigenvalue weighted by Crippen LogP contribution is 2.09. The minimum absolute atomic E-state index is 0.370. The molecule has 0 unspecified atom stereocenters. The Kier molecular flexibility index (Phi) is 4.63. The maximum absolute atomic E-state index is 4.58. The first kappa shape index (κ1) is 13.7. The van der Waals surface area contributed by atoms with Gasteiger partial charge in [0.1, 0.15) is 5.82 Å². The molecule has 2 aromatic heterocycles. The van der Waals surface area contributed by atoms with Gasteiger partial charge in [0.25, 0.3) is 0 Å². The zero-order chi connectivity index (χ0) is 13.7. The molecule has 5 heteroatoms. The van der Waals surface area contributed by atoms with E-state index in [1.54, 1.807) is 6.20 Å². The summed E-state index contributed by atoms with van der Waals surface area (Å²) in [4.78, 5) is 11.1. The van der Waals surface area contributed by atoms with Crippen molar-refractivity contribution >= 4 is 0 Å². The third kappa shape index (κ3) is 4.13. The minimum atomic E-state index is 0.370. The summed E-state index contributed by atoms with van der Waals surface area (Å²) in [5.41, 5.74) is 1.07. The van der Waals surface area contributed by atoms with Gasteiger partial charge in [0, 0.05) is 37.6 Å². The van der Waals surface area contributed by atoms with Gasteiger partial charge in [-0.25, -0.2) is 9.97 Å². The normalized spacial score (nSPS) is 11.4. The Hall–Kier alpha value is -1.75. The van der Waals surface area contributed by atoms with Crippen molar-refractivity contribution in [3.63, 3.8) is 0 Å². The molecular formula is C14H21N5. The van der Waals surface area contributed by atoms with Gasteiger partial charge in [-0.15, -0.1) is 0 Å². The molecule has 0 aliphatic carbocycles. The van der Waals surface area contributed by atoms with Gasteiger partial charge < -0.3 is 0 Å². The van der Waals surface area contributed by atoms with Gasteiger partial charge in [0.05, 0.1) is 12.2 Å². The number of hydrogen-bond donors (Lipinski definition) is 0. The summed E-state index contributed by atoms with van der Waals surface area (Å²) in [6.45, 7) is 6.90. The molecule has 0 N–H and O–H groups in total. The number of likely N-dealkylation sites (N-methyl/N-ethyl adjacent to an activating group) is 1. The molecule has 0 saturated heterocycles. The molecule has 0 radical (unpaired) electrons. The summed E-state index contributed by atoms with van der Waals surface area (Å²) in [5.74, 6) is 1.28. The van der Waals surface area contributed by atoms with E-state index in [1.165, 1.54) is 0 Å². The predicted molar refractivity (Wildman–Crippen MR) is 74.7 cm³/mol. The van der Waals surface area contributed by atoms with Crippen LogP contribution in [0.1, 0.15) is 31.3 Å². The van der Waals surface area contributed by atoms with E-state index in [1.807, 2.05) is 29.2 Å². The highest BCUT2D eigenvalue weighted by Gasteiger charge is 2.06. The van der Waals surface area contributed by atoms with Crippen LogP contribution < -0.4 is 0 Å². The van der Waals surface area contributed by atoms with E-state index >= 15 is 0 Å². The fourth-order valence-corrected chi connectivity index (χ4v) is 1.84. The number of aromatic nitrogens is 4. The molecule has 5 nitrogen and oxygen atoms in total. The molecule has 102 valence electrons. The van der Waals surface area contributed by atoms with Crippen molar-refractivity contribution in [2.24, 2.45) is 0 Å². The molecule has 0 fully saturated rings. The Balaban J connectivity index is 1.87. The smallest absolute Gasteiger partial charge is 0.131 e. The molecule has 0 atom stereocenters.